The molecule has 0 heterocycles. The average molecular weight is 226 g/mol. The summed E-state index contributed by atoms with van der Waals surface area (Å²) in [4.78, 5) is 10.7. The largest absolute Gasteiger partial charge is 0.504 e. The third-order valence-corrected chi connectivity index (χ3v) is 2.13. The van der Waals surface area contributed by atoms with Crippen LogP contribution in [-0.2, 0) is 4.79 Å². The van der Waals surface area contributed by atoms with Crippen molar-refractivity contribution in [2.75, 3.05) is 13.2 Å². The van der Waals surface area contributed by atoms with E-state index in [9.17, 15) is 9.90 Å². The fourth-order valence-corrected chi connectivity index (χ4v) is 1.20. The predicted molar refractivity (Wildman–Crippen MR) is 56.4 cm³/mol. The van der Waals surface area contributed by atoms with E-state index in [0.717, 1.165) is 0 Å². The highest BCUT2D eigenvalue weighted by Crippen LogP contribution is 2.25. The van der Waals surface area contributed by atoms with Gasteiger partial charge in [0.25, 0.3) is 0 Å². The minimum Gasteiger partial charge on any atom is -0.504 e. The summed E-state index contributed by atoms with van der Waals surface area (Å²) in [5.41, 5.74) is 0. The Kier molecular flexibility index (Phi) is 4.60. The van der Waals surface area contributed by atoms with E-state index in [-0.39, 0.29) is 31.1 Å². The Morgan fingerprint density at radius 1 is 1.38 bits per heavy atom. The molecule has 1 unspecified atom stereocenters. The molecule has 16 heavy (non-hydrogen) atoms. The maximum absolute atomic E-state index is 10.7. The standard InChI is InChI=1S/C11H14O5/c12-6-5-8(11(14)15)7-16-10-4-2-1-3-9(10)13/h1-4,8,12-13H,5-7H2,(H,14,15). The molecule has 0 bridgehead atoms. The highest BCUT2D eigenvalue weighted by Gasteiger charge is 2.18. The van der Waals surface area contributed by atoms with Crippen LogP contribution in [0.25, 0.3) is 0 Å². The Bertz CT molecular complexity index is 350. The molecule has 0 radical (unpaired) electrons. The van der Waals surface area contributed by atoms with E-state index in [4.69, 9.17) is 14.9 Å². The van der Waals surface area contributed by atoms with Crippen LogP contribution in [0.3, 0.4) is 0 Å². The van der Waals surface area contributed by atoms with Crippen molar-refractivity contribution in [3.63, 3.8) is 0 Å². The normalized spacial score (nSPS) is 12.1. The van der Waals surface area contributed by atoms with E-state index in [1.54, 1.807) is 18.2 Å². The van der Waals surface area contributed by atoms with Crippen molar-refractivity contribution in [3.05, 3.63) is 24.3 Å². The minimum atomic E-state index is -1.02. The SMILES string of the molecule is O=C(O)C(CCO)COc1ccccc1O. The van der Waals surface area contributed by atoms with Gasteiger partial charge in [0, 0.05) is 6.61 Å². The third-order valence-electron chi connectivity index (χ3n) is 2.13. The average Bonchev–Trinajstić information content (AvgIpc) is 2.26. The Morgan fingerprint density at radius 2 is 2.06 bits per heavy atom. The molecule has 1 aromatic carbocycles. The van der Waals surface area contributed by atoms with Gasteiger partial charge in [-0.3, -0.25) is 4.79 Å². The molecule has 0 amide bonds. The summed E-state index contributed by atoms with van der Waals surface area (Å²) >= 11 is 0. The Morgan fingerprint density at radius 3 is 2.62 bits per heavy atom. The number of benzene rings is 1. The van der Waals surface area contributed by atoms with Crippen molar-refractivity contribution in [2.45, 2.75) is 6.42 Å². The first-order valence-electron chi connectivity index (χ1n) is 4.89. The lowest BCUT2D eigenvalue weighted by molar-refractivity contribution is -0.143. The molecule has 0 aromatic heterocycles. The van der Waals surface area contributed by atoms with Gasteiger partial charge in [-0.25, -0.2) is 0 Å². The van der Waals surface area contributed by atoms with Gasteiger partial charge in [-0.1, -0.05) is 12.1 Å². The number of aliphatic carboxylic acids is 1. The van der Waals surface area contributed by atoms with E-state index >= 15 is 0 Å². The quantitative estimate of drug-likeness (QED) is 0.669. The van der Waals surface area contributed by atoms with Crippen molar-refractivity contribution in [1.29, 1.82) is 0 Å². The summed E-state index contributed by atoms with van der Waals surface area (Å²) in [6.45, 7) is -0.283. The van der Waals surface area contributed by atoms with Gasteiger partial charge in [-0.15, -0.1) is 0 Å². The summed E-state index contributed by atoms with van der Waals surface area (Å²) in [7, 11) is 0. The van der Waals surface area contributed by atoms with Crippen molar-refractivity contribution >= 4 is 5.97 Å². The molecule has 0 spiro atoms. The second kappa shape index (κ2) is 5.97. The smallest absolute Gasteiger partial charge is 0.310 e. The molecule has 5 heteroatoms. The molecular formula is C11H14O5. The van der Waals surface area contributed by atoms with Crippen molar-refractivity contribution in [1.82, 2.24) is 0 Å². The summed E-state index contributed by atoms with van der Waals surface area (Å²) in [6, 6.07) is 6.33. The Balaban J connectivity index is 2.55. The Hall–Kier alpha value is -1.75. The fourth-order valence-electron chi connectivity index (χ4n) is 1.20. The number of rotatable bonds is 6. The number of aliphatic hydroxyl groups is 1. The van der Waals surface area contributed by atoms with Crippen LogP contribution in [-0.4, -0.2) is 34.5 Å². The fraction of sp³-hybridized carbons (Fsp3) is 0.364. The number of aliphatic hydroxyl groups excluding tert-OH is 1. The van der Waals surface area contributed by atoms with Crippen LogP contribution in [0.4, 0.5) is 0 Å². The molecule has 1 aromatic rings. The van der Waals surface area contributed by atoms with E-state index in [0.29, 0.717) is 0 Å². The maximum atomic E-state index is 10.7. The number of carboxylic acids is 1. The van der Waals surface area contributed by atoms with Crippen LogP contribution < -0.4 is 4.74 Å². The van der Waals surface area contributed by atoms with E-state index in [1.807, 2.05) is 0 Å². The summed E-state index contributed by atoms with van der Waals surface area (Å²) in [6.07, 6.45) is 0.128. The van der Waals surface area contributed by atoms with Crippen LogP contribution in [0.2, 0.25) is 0 Å². The molecule has 1 atom stereocenters. The third kappa shape index (κ3) is 3.43. The minimum absolute atomic E-state index is 0.0318. The van der Waals surface area contributed by atoms with Gasteiger partial charge in [0.15, 0.2) is 11.5 Å². The predicted octanol–water partition coefficient (Wildman–Crippen LogP) is 0.854. The van der Waals surface area contributed by atoms with Crippen LogP contribution in [0.15, 0.2) is 24.3 Å². The molecule has 0 saturated carbocycles. The van der Waals surface area contributed by atoms with Crippen LogP contribution in [0.5, 0.6) is 11.5 Å². The first-order chi connectivity index (χ1) is 7.65. The van der Waals surface area contributed by atoms with Gasteiger partial charge in [0.1, 0.15) is 6.61 Å². The molecule has 3 N–H and O–H groups in total. The zero-order chi connectivity index (χ0) is 12.0. The molecule has 0 fully saturated rings. The maximum Gasteiger partial charge on any atom is 0.310 e. The molecular weight excluding hydrogens is 212 g/mol. The number of phenolic OH excluding ortho intramolecular Hbond substituents is 1. The number of ether oxygens (including phenoxy) is 1. The zero-order valence-electron chi connectivity index (χ0n) is 8.67. The van der Waals surface area contributed by atoms with Gasteiger partial charge in [0.2, 0.25) is 0 Å². The van der Waals surface area contributed by atoms with Crippen molar-refractivity contribution in [3.8, 4) is 11.5 Å². The summed E-state index contributed by atoms with van der Waals surface area (Å²) < 4.78 is 5.17. The highest BCUT2D eigenvalue weighted by atomic mass is 16.5. The second-order valence-corrected chi connectivity index (χ2v) is 3.33. The number of carboxylic acid groups (broad SMARTS) is 1. The number of hydrogen-bond acceptors (Lipinski definition) is 4. The molecule has 1 rings (SSSR count). The molecule has 0 aliphatic carbocycles. The second-order valence-electron chi connectivity index (χ2n) is 3.33. The van der Waals surface area contributed by atoms with Gasteiger partial charge in [-0.05, 0) is 18.6 Å². The topological polar surface area (TPSA) is 87.0 Å². The van der Waals surface area contributed by atoms with E-state index in [1.165, 1.54) is 6.07 Å². The summed E-state index contributed by atoms with van der Waals surface area (Å²) in [5, 5.41) is 26.8. The van der Waals surface area contributed by atoms with E-state index < -0.39 is 11.9 Å². The summed E-state index contributed by atoms with van der Waals surface area (Å²) in [5.74, 6) is -1.59. The van der Waals surface area contributed by atoms with Gasteiger partial charge >= 0.3 is 5.97 Å². The van der Waals surface area contributed by atoms with Crippen LogP contribution in [0, 0.1) is 5.92 Å². The molecule has 0 aliphatic rings. The molecule has 0 saturated heterocycles. The van der Waals surface area contributed by atoms with Crippen molar-refractivity contribution < 1.29 is 24.9 Å². The van der Waals surface area contributed by atoms with Crippen molar-refractivity contribution in [2.24, 2.45) is 5.92 Å². The lowest BCUT2D eigenvalue weighted by Gasteiger charge is -2.13. The van der Waals surface area contributed by atoms with Crippen LogP contribution >= 0.6 is 0 Å². The molecule has 0 aliphatic heterocycles. The number of phenols is 1. The van der Waals surface area contributed by atoms with Gasteiger partial charge < -0.3 is 20.1 Å². The number of aromatic hydroxyl groups is 1. The number of hydrogen-bond donors (Lipinski definition) is 3. The first kappa shape index (κ1) is 12.3. The van der Waals surface area contributed by atoms with Gasteiger partial charge in [0.05, 0.1) is 5.92 Å². The highest BCUT2D eigenvalue weighted by molar-refractivity contribution is 5.70. The van der Waals surface area contributed by atoms with Gasteiger partial charge in [-0.2, -0.15) is 0 Å². The monoisotopic (exact) mass is 226 g/mol. The lowest BCUT2D eigenvalue weighted by Crippen LogP contribution is -2.22. The first-order valence-corrected chi connectivity index (χ1v) is 4.89. The Labute approximate surface area is 92.9 Å². The number of carbonyl (C=O) groups is 1. The lowest BCUT2D eigenvalue weighted by atomic mass is 10.1. The molecule has 88 valence electrons. The zero-order valence-corrected chi connectivity index (χ0v) is 8.67. The number of para-hydroxylation sites is 2. The molecule has 5 nitrogen and oxygen atoms in total. The van der Waals surface area contributed by atoms with Crippen LogP contribution in [0.1, 0.15) is 6.42 Å². The van der Waals surface area contributed by atoms with E-state index in [2.05, 4.69) is 0 Å².